The largest absolute Gasteiger partial charge is 0.487 e. The summed E-state index contributed by atoms with van der Waals surface area (Å²) in [4.78, 5) is 4.52. The smallest absolute Gasteiger partial charge is 0.141 e. The van der Waals surface area contributed by atoms with Crippen LogP contribution in [0.3, 0.4) is 0 Å². The Kier molecular flexibility index (Phi) is 4.20. The molecule has 2 heteroatoms. The number of ether oxygens (including phenoxy) is 1. The number of nitrogens with zero attached hydrogens (tertiary/aromatic N) is 1. The van der Waals surface area contributed by atoms with Crippen molar-refractivity contribution in [2.45, 2.75) is 40.7 Å². The molecule has 0 saturated carbocycles. The van der Waals surface area contributed by atoms with Gasteiger partial charge in [0.15, 0.2) is 0 Å². The number of aryl methyl sites for hydroxylation is 4. The molecule has 0 N–H and O–H groups in total. The van der Waals surface area contributed by atoms with Crippen LogP contribution in [-0.4, -0.2) is 4.98 Å². The third-order valence-corrected chi connectivity index (χ3v) is 3.29. The first-order valence-electron chi connectivity index (χ1n) is 6.75. The Morgan fingerprint density at radius 2 is 1.84 bits per heavy atom. The lowest BCUT2D eigenvalue weighted by Crippen LogP contribution is -2.02. The van der Waals surface area contributed by atoms with Crippen molar-refractivity contribution in [1.29, 1.82) is 0 Å². The second-order valence-corrected chi connectivity index (χ2v) is 4.97. The first-order valence-corrected chi connectivity index (χ1v) is 6.75. The second kappa shape index (κ2) is 5.87. The van der Waals surface area contributed by atoms with Gasteiger partial charge in [0.2, 0.25) is 0 Å². The number of hydrogen-bond acceptors (Lipinski definition) is 2. The molecule has 0 aliphatic rings. The first-order chi connectivity index (χ1) is 9.10. The quantitative estimate of drug-likeness (QED) is 0.818. The molecule has 0 fully saturated rings. The highest BCUT2D eigenvalue weighted by Crippen LogP contribution is 2.20. The first kappa shape index (κ1) is 13.6. The highest BCUT2D eigenvalue weighted by molar-refractivity contribution is 5.32. The van der Waals surface area contributed by atoms with Gasteiger partial charge in [-0.25, -0.2) is 0 Å². The lowest BCUT2D eigenvalue weighted by molar-refractivity contribution is 0.300. The van der Waals surface area contributed by atoms with Crippen molar-refractivity contribution >= 4 is 0 Å². The highest BCUT2D eigenvalue weighted by Gasteiger charge is 2.05. The molecule has 0 aliphatic heterocycles. The predicted octanol–water partition coefficient (Wildman–Crippen LogP) is 4.15. The number of rotatable bonds is 4. The van der Waals surface area contributed by atoms with E-state index < -0.39 is 0 Å². The predicted molar refractivity (Wildman–Crippen MR) is 78.6 cm³/mol. The van der Waals surface area contributed by atoms with Crippen molar-refractivity contribution in [2.24, 2.45) is 0 Å². The summed E-state index contributed by atoms with van der Waals surface area (Å²) in [6.07, 6.45) is 0.893. The van der Waals surface area contributed by atoms with Crippen LogP contribution in [0.25, 0.3) is 0 Å². The summed E-state index contributed by atoms with van der Waals surface area (Å²) < 4.78 is 5.94. The Balaban J connectivity index is 2.16. The average Bonchev–Trinajstić information content (AvgIpc) is 2.40. The maximum atomic E-state index is 5.94. The molecule has 0 radical (unpaired) electrons. The number of aromatic nitrogens is 1. The highest BCUT2D eigenvalue weighted by atomic mass is 16.5. The van der Waals surface area contributed by atoms with Crippen molar-refractivity contribution in [3.05, 3.63) is 58.4 Å². The van der Waals surface area contributed by atoms with Crippen LogP contribution < -0.4 is 4.74 Å². The van der Waals surface area contributed by atoms with E-state index in [9.17, 15) is 0 Å². The molecular formula is C17H21NO. The van der Waals surface area contributed by atoms with E-state index in [1.54, 1.807) is 0 Å². The van der Waals surface area contributed by atoms with Gasteiger partial charge in [-0.3, -0.25) is 4.98 Å². The van der Waals surface area contributed by atoms with Crippen LogP contribution in [0.1, 0.15) is 35.0 Å². The van der Waals surface area contributed by atoms with E-state index in [1.165, 1.54) is 16.7 Å². The molecule has 1 aromatic carbocycles. The normalized spacial score (nSPS) is 10.5. The summed E-state index contributed by atoms with van der Waals surface area (Å²) >= 11 is 0. The third kappa shape index (κ3) is 3.34. The number of pyridine rings is 1. The van der Waals surface area contributed by atoms with E-state index in [1.807, 2.05) is 19.1 Å². The van der Waals surface area contributed by atoms with Crippen LogP contribution in [0.15, 0.2) is 30.3 Å². The Morgan fingerprint density at radius 3 is 2.58 bits per heavy atom. The lowest BCUT2D eigenvalue weighted by atomic mass is 10.1. The van der Waals surface area contributed by atoms with Crippen LogP contribution in [0.2, 0.25) is 0 Å². The van der Waals surface area contributed by atoms with Crippen LogP contribution >= 0.6 is 0 Å². The van der Waals surface area contributed by atoms with E-state index in [-0.39, 0.29) is 0 Å². The molecule has 0 aliphatic carbocycles. The monoisotopic (exact) mass is 255 g/mol. The molecule has 2 aromatic rings. The van der Waals surface area contributed by atoms with E-state index in [2.05, 4.69) is 44.0 Å². The molecule has 0 saturated heterocycles. The fraction of sp³-hybridized carbons (Fsp3) is 0.353. The van der Waals surface area contributed by atoms with Gasteiger partial charge < -0.3 is 4.74 Å². The van der Waals surface area contributed by atoms with E-state index in [0.717, 1.165) is 23.6 Å². The standard InChI is InChI=1S/C17H21NO/c1-5-16-17(9-8-14(4)18-16)19-11-15-10-12(2)6-7-13(15)3/h6-10H,5,11H2,1-4H3. The van der Waals surface area contributed by atoms with Gasteiger partial charge >= 0.3 is 0 Å². The zero-order chi connectivity index (χ0) is 13.8. The van der Waals surface area contributed by atoms with Crippen molar-refractivity contribution in [2.75, 3.05) is 0 Å². The van der Waals surface area contributed by atoms with Crippen molar-refractivity contribution in [3.8, 4) is 5.75 Å². The minimum Gasteiger partial charge on any atom is -0.487 e. The Bertz CT molecular complexity index is 575. The lowest BCUT2D eigenvalue weighted by Gasteiger charge is -2.12. The van der Waals surface area contributed by atoms with Crippen LogP contribution in [0.4, 0.5) is 0 Å². The van der Waals surface area contributed by atoms with Crippen molar-refractivity contribution < 1.29 is 4.74 Å². The topological polar surface area (TPSA) is 22.1 Å². The van der Waals surface area contributed by atoms with Gasteiger partial charge in [-0.05, 0) is 50.5 Å². The molecule has 0 spiro atoms. The molecule has 2 rings (SSSR count). The van der Waals surface area contributed by atoms with Crippen molar-refractivity contribution in [3.63, 3.8) is 0 Å². The number of benzene rings is 1. The third-order valence-electron chi connectivity index (χ3n) is 3.29. The maximum absolute atomic E-state index is 5.94. The van der Waals surface area contributed by atoms with E-state index >= 15 is 0 Å². The molecule has 1 heterocycles. The Labute approximate surface area is 115 Å². The van der Waals surface area contributed by atoms with Crippen LogP contribution in [0, 0.1) is 20.8 Å². The molecule has 1 aromatic heterocycles. The maximum Gasteiger partial charge on any atom is 0.141 e. The molecule has 0 bridgehead atoms. The van der Waals surface area contributed by atoms with Crippen LogP contribution in [0.5, 0.6) is 5.75 Å². The summed E-state index contributed by atoms with van der Waals surface area (Å²) in [7, 11) is 0. The van der Waals surface area contributed by atoms with Gasteiger partial charge in [-0.15, -0.1) is 0 Å². The Hall–Kier alpha value is -1.83. The Morgan fingerprint density at radius 1 is 1.05 bits per heavy atom. The second-order valence-electron chi connectivity index (χ2n) is 4.97. The minimum atomic E-state index is 0.602. The van der Waals surface area contributed by atoms with Gasteiger partial charge in [-0.2, -0.15) is 0 Å². The minimum absolute atomic E-state index is 0.602. The summed E-state index contributed by atoms with van der Waals surface area (Å²) in [6, 6.07) is 10.5. The van der Waals surface area contributed by atoms with Crippen LogP contribution in [-0.2, 0) is 13.0 Å². The summed E-state index contributed by atoms with van der Waals surface area (Å²) in [5, 5.41) is 0. The van der Waals surface area contributed by atoms with Gasteiger partial charge in [0.25, 0.3) is 0 Å². The zero-order valence-electron chi connectivity index (χ0n) is 12.2. The molecule has 0 atom stereocenters. The molecule has 100 valence electrons. The molecular weight excluding hydrogens is 234 g/mol. The molecule has 0 amide bonds. The summed E-state index contributed by atoms with van der Waals surface area (Å²) in [6.45, 7) is 8.94. The number of hydrogen-bond donors (Lipinski definition) is 0. The fourth-order valence-electron chi connectivity index (χ4n) is 2.09. The summed E-state index contributed by atoms with van der Waals surface area (Å²) in [5.74, 6) is 0.897. The van der Waals surface area contributed by atoms with Gasteiger partial charge in [-0.1, -0.05) is 30.7 Å². The summed E-state index contributed by atoms with van der Waals surface area (Å²) in [5.41, 5.74) is 5.84. The van der Waals surface area contributed by atoms with Gasteiger partial charge in [0, 0.05) is 5.69 Å². The SMILES string of the molecule is CCc1nc(C)ccc1OCc1cc(C)ccc1C. The fourth-order valence-corrected chi connectivity index (χ4v) is 2.09. The van der Waals surface area contributed by atoms with Gasteiger partial charge in [0.1, 0.15) is 12.4 Å². The zero-order valence-corrected chi connectivity index (χ0v) is 12.2. The molecule has 0 unspecified atom stereocenters. The molecule has 2 nitrogen and oxygen atoms in total. The van der Waals surface area contributed by atoms with Gasteiger partial charge in [0.05, 0.1) is 5.69 Å². The van der Waals surface area contributed by atoms with E-state index in [0.29, 0.717) is 6.61 Å². The van der Waals surface area contributed by atoms with Crippen molar-refractivity contribution in [1.82, 2.24) is 4.98 Å². The average molecular weight is 255 g/mol. The molecule has 19 heavy (non-hydrogen) atoms. The van der Waals surface area contributed by atoms with E-state index in [4.69, 9.17) is 4.74 Å².